The Morgan fingerprint density at radius 3 is 2.14 bits per heavy atom. The van der Waals surface area contributed by atoms with Crippen LogP contribution in [-0.2, 0) is 0 Å². The van der Waals surface area contributed by atoms with Gasteiger partial charge in [-0.15, -0.1) is 4.91 Å². The number of nitrogens with zero attached hydrogens (tertiary/aromatic N) is 3. The van der Waals surface area contributed by atoms with Gasteiger partial charge in [-0.3, -0.25) is 10.8 Å². The Hall–Kier alpha value is -2.46. The Labute approximate surface area is 78.1 Å². The number of nitrogens with two attached hydrogens (primary N) is 2. The van der Waals surface area contributed by atoms with Crippen molar-refractivity contribution in [2.45, 2.75) is 0 Å². The van der Waals surface area contributed by atoms with Crippen molar-refractivity contribution in [2.75, 3.05) is 7.05 Å². The lowest BCUT2D eigenvalue weighted by molar-refractivity contribution is -0.526. The summed E-state index contributed by atoms with van der Waals surface area (Å²) in [5.41, 5.74) is 10.4. The number of nitrogens with one attached hydrogen (secondary N) is 3. The highest BCUT2D eigenvalue weighted by Crippen LogP contribution is 1.79. The summed E-state index contributed by atoms with van der Waals surface area (Å²) in [6, 6.07) is 0. The molecule has 11 nitrogen and oxygen atoms in total. The van der Waals surface area contributed by atoms with Crippen LogP contribution in [0.1, 0.15) is 0 Å². The third-order valence-corrected chi connectivity index (χ3v) is 0.643. The molecule has 0 aliphatic heterocycles. The van der Waals surface area contributed by atoms with Gasteiger partial charge < -0.3 is 11.5 Å². The van der Waals surface area contributed by atoms with Gasteiger partial charge in [0.05, 0.1) is 5.29 Å². The number of hydrazine groups is 1. The van der Waals surface area contributed by atoms with Gasteiger partial charge in [-0.2, -0.15) is 5.01 Å². The van der Waals surface area contributed by atoms with Gasteiger partial charge in [0, 0.05) is 7.05 Å². The molecule has 0 unspecified atom stereocenters. The topological polar surface area (TPSA) is 188 Å². The second-order valence-electron chi connectivity index (χ2n) is 1.78. The lowest BCUT2D eigenvalue weighted by Gasteiger charge is -2.04. The zero-order chi connectivity index (χ0) is 11.7. The molecule has 80 valence electrons. The Balaban J connectivity index is 0. The summed E-state index contributed by atoms with van der Waals surface area (Å²) < 4.78 is 0. The molecule has 0 aromatic heterocycles. The van der Waals surface area contributed by atoms with E-state index in [-0.39, 0.29) is 5.96 Å². The maximum atomic E-state index is 9.61. The number of hydrogen-bond donors (Lipinski definition) is 5. The van der Waals surface area contributed by atoms with Crippen molar-refractivity contribution >= 4 is 11.9 Å². The normalized spacial score (nSPS) is 7.50. The Morgan fingerprint density at radius 2 is 1.93 bits per heavy atom. The summed E-state index contributed by atoms with van der Waals surface area (Å²) in [6.07, 6.45) is 0. The van der Waals surface area contributed by atoms with Crippen LogP contribution in [-0.4, -0.2) is 29.0 Å². The molecule has 0 spiro atoms. The van der Waals surface area contributed by atoms with Crippen molar-refractivity contribution in [1.82, 2.24) is 10.4 Å². The number of nitroso groups, excluding NO2 is 1. The van der Waals surface area contributed by atoms with Gasteiger partial charge in [0.25, 0.3) is 5.96 Å². The molecule has 7 N–H and O–H groups in total. The van der Waals surface area contributed by atoms with E-state index in [0.29, 0.717) is 5.01 Å². The summed E-state index contributed by atoms with van der Waals surface area (Å²) in [5, 5.41) is 24.1. The first-order chi connectivity index (χ1) is 6.31. The number of nitro groups is 1. The first-order valence-corrected chi connectivity index (χ1v) is 2.97. The standard InChI is InChI=1S/C2H5N5O3.CH5N3/c1-6(5-8)2(3)4-7(9)10;2-1(3)4/h1H3,(H2,3,4);(H5,2,3,4). The lowest BCUT2D eigenvalue weighted by Crippen LogP contribution is -2.38. The second-order valence-corrected chi connectivity index (χ2v) is 1.78. The van der Waals surface area contributed by atoms with Crippen molar-refractivity contribution in [3.8, 4) is 0 Å². The van der Waals surface area contributed by atoms with Crippen molar-refractivity contribution in [3.63, 3.8) is 0 Å². The second kappa shape index (κ2) is 7.20. The summed E-state index contributed by atoms with van der Waals surface area (Å²) in [4.78, 5) is 19.2. The van der Waals surface area contributed by atoms with Crippen LogP contribution in [0, 0.1) is 25.8 Å². The SMILES string of the molecule is CN(N=O)C(=N)N[N+](=O)[O-].N=C(N)N. The van der Waals surface area contributed by atoms with Gasteiger partial charge in [-0.1, -0.05) is 5.43 Å². The first-order valence-electron chi connectivity index (χ1n) is 2.97. The van der Waals surface area contributed by atoms with E-state index in [1.54, 1.807) is 0 Å². The van der Waals surface area contributed by atoms with Gasteiger partial charge in [0.15, 0.2) is 11.0 Å². The van der Waals surface area contributed by atoms with Crippen LogP contribution < -0.4 is 16.9 Å². The van der Waals surface area contributed by atoms with Crippen molar-refractivity contribution in [2.24, 2.45) is 16.8 Å². The molecule has 11 heteroatoms. The summed E-state index contributed by atoms with van der Waals surface area (Å²) in [5.74, 6) is -1.01. The monoisotopic (exact) mass is 206 g/mol. The molecule has 0 atom stereocenters. The van der Waals surface area contributed by atoms with E-state index >= 15 is 0 Å². The van der Waals surface area contributed by atoms with Gasteiger partial charge in [-0.25, -0.2) is 10.1 Å². The molecule has 0 saturated heterocycles. The predicted molar refractivity (Wildman–Crippen MR) is 47.5 cm³/mol. The van der Waals surface area contributed by atoms with Crippen LogP contribution in [0.25, 0.3) is 0 Å². The minimum absolute atomic E-state index is 0.333. The largest absolute Gasteiger partial charge is 0.370 e. The van der Waals surface area contributed by atoms with Crippen molar-refractivity contribution < 1.29 is 5.03 Å². The fourth-order valence-electron chi connectivity index (χ4n) is 0.200. The zero-order valence-corrected chi connectivity index (χ0v) is 7.22. The van der Waals surface area contributed by atoms with E-state index in [0.717, 1.165) is 7.05 Å². The third kappa shape index (κ3) is 12.2. The quantitative estimate of drug-likeness (QED) is 0.115. The molecule has 0 bridgehead atoms. The molecule has 0 heterocycles. The van der Waals surface area contributed by atoms with E-state index in [2.05, 4.69) is 16.8 Å². The smallest absolute Gasteiger partial charge is 0.276 e. The Morgan fingerprint density at radius 1 is 1.57 bits per heavy atom. The Kier molecular flexibility index (Phi) is 7.25. The van der Waals surface area contributed by atoms with Crippen LogP contribution in [0.5, 0.6) is 0 Å². The van der Waals surface area contributed by atoms with Crippen molar-refractivity contribution in [3.05, 3.63) is 15.0 Å². The van der Waals surface area contributed by atoms with Gasteiger partial charge in [0.2, 0.25) is 0 Å². The molecule has 0 radical (unpaired) electrons. The number of hydrogen-bond acceptors (Lipinski definition) is 6. The van der Waals surface area contributed by atoms with E-state index in [1.807, 2.05) is 0 Å². The number of rotatable bonds is 2. The van der Waals surface area contributed by atoms with E-state index in [1.165, 1.54) is 5.43 Å². The molecular weight excluding hydrogens is 196 g/mol. The van der Waals surface area contributed by atoms with Crippen LogP contribution in [0.15, 0.2) is 5.29 Å². The summed E-state index contributed by atoms with van der Waals surface area (Å²) in [6.45, 7) is 0. The van der Waals surface area contributed by atoms with Crippen LogP contribution >= 0.6 is 0 Å². The van der Waals surface area contributed by atoms with E-state index < -0.39 is 11.0 Å². The van der Waals surface area contributed by atoms with E-state index in [9.17, 15) is 15.0 Å². The molecule has 0 aliphatic carbocycles. The third-order valence-electron chi connectivity index (χ3n) is 0.643. The summed E-state index contributed by atoms with van der Waals surface area (Å²) >= 11 is 0. The van der Waals surface area contributed by atoms with Crippen LogP contribution in [0.2, 0.25) is 0 Å². The van der Waals surface area contributed by atoms with Crippen LogP contribution in [0.4, 0.5) is 0 Å². The Bertz CT molecular complexity index is 234. The predicted octanol–water partition coefficient (Wildman–Crippen LogP) is -1.85. The minimum atomic E-state index is -0.954. The van der Waals surface area contributed by atoms with Gasteiger partial charge in [0.1, 0.15) is 0 Å². The molecule has 0 amide bonds. The maximum Gasteiger partial charge on any atom is 0.276 e. The summed E-state index contributed by atoms with van der Waals surface area (Å²) in [7, 11) is 1.12. The maximum absolute atomic E-state index is 9.61. The highest BCUT2D eigenvalue weighted by Gasteiger charge is 2.07. The van der Waals surface area contributed by atoms with Gasteiger partial charge in [-0.05, 0) is 0 Å². The molecule has 0 rings (SSSR count). The molecular formula is C3H10N8O3. The fraction of sp³-hybridized carbons (Fsp3) is 0.333. The molecule has 0 aromatic rings. The molecule has 0 aromatic carbocycles. The van der Waals surface area contributed by atoms with E-state index in [4.69, 9.17) is 10.8 Å². The molecule has 0 saturated carbocycles. The van der Waals surface area contributed by atoms with Gasteiger partial charge >= 0.3 is 0 Å². The molecule has 14 heavy (non-hydrogen) atoms. The zero-order valence-electron chi connectivity index (χ0n) is 7.22. The lowest BCUT2D eigenvalue weighted by atomic mass is 10.9. The fourth-order valence-corrected chi connectivity index (χ4v) is 0.200. The van der Waals surface area contributed by atoms with Crippen molar-refractivity contribution in [1.29, 1.82) is 10.8 Å². The molecule has 0 fully saturated rings. The highest BCUT2D eigenvalue weighted by atomic mass is 16.7. The highest BCUT2D eigenvalue weighted by molar-refractivity contribution is 5.74. The minimum Gasteiger partial charge on any atom is -0.370 e. The first kappa shape index (κ1) is 14.1. The number of guanidine groups is 2. The average Bonchev–Trinajstić information content (AvgIpc) is 2.00. The average molecular weight is 206 g/mol. The molecule has 0 aliphatic rings. The van der Waals surface area contributed by atoms with Crippen LogP contribution in [0.3, 0.4) is 0 Å².